The fraction of sp³-hybridized carbons (Fsp3) is 0.273. The number of hydrogen-bond donors (Lipinski definition) is 2. The average Bonchev–Trinajstić information content (AvgIpc) is 3.25. The average molecular weight is 393 g/mol. The minimum Gasteiger partial charge on any atom is -0.497 e. The van der Waals surface area contributed by atoms with Gasteiger partial charge >= 0.3 is 5.97 Å². The number of carboxylic acids is 1. The number of hydrogen-bond acceptors (Lipinski definition) is 5. The zero-order valence-electron chi connectivity index (χ0n) is 16.2. The number of nitrogens with zero attached hydrogens (tertiary/aromatic N) is 2. The van der Waals surface area contributed by atoms with E-state index in [9.17, 15) is 4.79 Å². The number of nitrogens with one attached hydrogen (secondary N) is 1. The van der Waals surface area contributed by atoms with Crippen molar-refractivity contribution < 1.29 is 19.4 Å². The highest BCUT2D eigenvalue weighted by atomic mass is 16.5. The molecule has 0 saturated carbocycles. The van der Waals surface area contributed by atoms with Gasteiger partial charge in [-0.15, -0.1) is 0 Å². The van der Waals surface area contributed by atoms with E-state index in [1.54, 1.807) is 19.2 Å². The van der Waals surface area contributed by atoms with Crippen molar-refractivity contribution in [1.82, 2.24) is 14.9 Å². The molecule has 1 fully saturated rings. The summed E-state index contributed by atoms with van der Waals surface area (Å²) in [4.78, 5) is 21.4. The molecule has 2 heterocycles. The summed E-state index contributed by atoms with van der Waals surface area (Å²) in [6.07, 6.45) is 1.84. The predicted molar refractivity (Wildman–Crippen MR) is 108 cm³/mol. The monoisotopic (exact) mass is 393 g/mol. The maximum atomic E-state index is 11.0. The van der Waals surface area contributed by atoms with Crippen molar-refractivity contribution in [2.45, 2.75) is 12.6 Å². The number of ether oxygens (including phenoxy) is 2. The van der Waals surface area contributed by atoms with E-state index in [1.165, 1.54) is 0 Å². The van der Waals surface area contributed by atoms with Gasteiger partial charge in [-0.2, -0.15) is 0 Å². The maximum absolute atomic E-state index is 11.0. The summed E-state index contributed by atoms with van der Waals surface area (Å²) in [5, 5.41) is 9.07. The Hall–Kier alpha value is -3.16. The molecule has 1 aliphatic heterocycles. The van der Waals surface area contributed by atoms with Crippen molar-refractivity contribution >= 4 is 5.97 Å². The van der Waals surface area contributed by atoms with Gasteiger partial charge in [0.15, 0.2) is 0 Å². The van der Waals surface area contributed by atoms with E-state index in [0.29, 0.717) is 25.3 Å². The molecular formula is C22H23N3O4. The van der Waals surface area contributed by atoms with Crippen LogP contribution >= 0.6 is 0 Å². The predicted octanol–water partition coefficient (Wildman–Crippen LogP) is 3.36. The third-order valence-electron chi connectivity index (χ3n) is 5.14. The van der Waals surface area contributed by atoms with E-state index in [4.69, 9.17) is 14.6 Å². The summed E-state index contributed by atoms with van der Waals surface area (Å²) < 4.78 is 10.9. The molecule has 1 aliphatic rings. The van der Waals surface area contributed by atoms with Crippen LogP contribution in [0.4, 0.5) is 0 Å². The van der Waals surface area contributed by atoms with E-state index < -0.39 is 5.97 Å². The topological polar surface area (TPSA) is 87.7 Å². The van der Waals surface area contributed by atoms with Gasteiger partial charge in [0.1, 0.15) is 11.6 Å². The lowest BCUT2D eigenvalue weighted by atomic mass is 10.1. The van der Waals surface area contributed by atoms with Crippen molar-refractivity contribution in [3.05, 3.63) is 71.7 Å². The number of morpholine rings is 1. The van der Waals surface area contributed by atoms with Gasteiger partial charge < -0.3 is 19.6 Å². The van der Waals surface area contributed by atoms with Crippen molar-refractivity contribution in [3.63, 3.8) is 0 Å². The normalized spacial score (nSPS) is 17.2. The van der Waals surface area contributed by atoms with Gasteiger partial charge in [0, 0.05) is 13.1 Å². The molecule has 29 heavy (non-hydrogen) atoms. The molecule has 0 aliphatic carbocycles. The van der Waals surface area contributed by atoms with Crippen molar-refractivity contribution in [2.75, 3.05) is 26.9 Å². The lowest BCUT2D eigenvalue weighted by molar-refractivity contribution is -0.0156. The molecule has 2 N–H and O–H groups in total. The Balaban J connectivity index is 1.51. The Morgan fingerprint density at radius 2 is 2.00 bits per heavy atom. The molecular weight excluding hydrogens is 370 g/mol. The van der Waals surface area contributed by atoms with Gasteiger partial charge in [-0.3, -0.25) is 4.90 Å². The van der Waals surface area contributed by atoms with Gasteiger partial charge in [-0.25, -0.2) is 9.78 Å². The SMILES string of the molecule is COc1ccc(-c2cnc(C3COCCN3Cc3ccc(C(=O)O)cc3)[nH]2)cc1. The van der Waals surface area contributed by atoms with Crippen LogP contribution < -0.4 is 4.74 Å². The van der Waals surface area contributed by atoms with Crippen LogP contribution in [-0.2, 0) is 11.3 Å². The second-order valence-corrected chi connectivity index (χ2v) is 6.97. The number of methoxy groups -OCH3 is 1. The summed E-state index contributed by atoms with van der Waals surface area (Å²) in [5.74, 6) is 0.759. The first kappa shape index (κ1) is 19.2. The van der Waals surface area contributed by atoms with Gasteiger partial charge in [-0.1, -0.05) is 12.1 Å². The molecule has 1 atom stereocenters. The zero-order chi connectivity index (χ0) is 20.2. The van der Waals surface area contributed by atoms with E-state index >= 15 is 0 Å². The largest absolute Gasteiger partial charge is 0.497 e. The number of aromatic carboxylic acids is 1. The number of rotatable bonds is 6. The molecule has 4 rings (SSSR count). The molecule has 0 radical (unpaired) electrons. The lowest BCUT2D eigenvalue weighted by Crippen LogP contribution is -2.39. The number of H-pyrrole nitrogens is 1. The van der Waals surface area contributed by atoms with E-state index in [1.807, 2.05) is 42.6 Å². The van der Waals surface area contributed by atoms with Crippen LogP contribution in [0.1, 0.15) is 27.8 Å². The summed E-state index contributed by atoms with van der Waals surface area (Å²) in [7, 11) is 1.65. The third kappa shape index (κ3) is 4.31. The molecule has 0 bridgehead atoms. The first-order chi connectivity index (χ1) is 14.1. The van der Waals surface area contributed by atoms with E-state index in [2.05, 4.69) is 14.9 Å². The van der Waals surface area contributed by atoms with Gasteiger partial charge in [-0.05, 0) is 47.5 Å². The van der Waals surface area contributed by atoms with Crippen molar-refractivity contribution in [2.24, 2.45) is 0 Å². The van der Waals surface area contributed by atoms with E-state index in [0.717, 1.165) is 34.9 Å². The number of carbonyl (C=O) groups is 1. The molecule has 7 heteroatoms. The van der Waals surface area contributed by atoms with Crippen LogP contribution in [0.5, 0.6) is 5.75 Å². The number of aromatic amines is 1. The Morgan fingerprint density at radius 3 is 2.69 bits per heavy atom. The van der Waals surface area contributed by atoms with Crippen molar-refractivity contribution in [1.29, 1.82) is 0 Å². The molecule has 1 aromatic heterocycles. The quantitative estimate of drug-likeness (QED) is 0.668. The molecule has 7 nitrogen and oxygen atoms in total. The Bertz CT molecular complexity index is 966. The second-order valence-electron chi connectivity index (χ2n) is 6.97. The molecule has 0 amide bonds. The number of carboxylic acid groups (broad SMARTS) is 1. The summed E-state index contributed by atoms with van der Waals surface area (Å²) in [6, 6.07) is 14.9. The minimum absolute atomic E-state index is 0.00917. The third-order valence-corrected chi connectivity index (χ3v) is 5.14. The van der Waals surface area contributed by atoms with Gasteiger partial charge in [0.25, 0.3) is 0 Å². The first-order valence-corrected chi connectivity index (χ1v) is 9.47. The van der Waals surface area contributed by atoms with Crippen LogP contribution in [0.15, 0.2) is 54.7 Å². The van der Waals surface area contributed by atoms with Gasteiger partial charge in [0.05, 0.1) is 43.8 Å². The maximum Gasteiger partial charge on any atom is 0.335 e. The highest BCUT2D eigenvalue weighted by molar-refractivity contribution is 5.87. The van der Waals surface area contributed by atoms with Crippen LogP contribution in [0, 0.1) is 0 Å². The first-order valence-electron chi connectivity index (χ1n) is 9.47. The second kappa shape index (κ2) is 8.46. The standard InChI is InChI=1S/C22H23N3O4/c1-28-18-8-6-16(7-9-18)19-12-23-21(24-19)20-14-29-11-10-25(20)13-15-2-4-17(5-3-15)22(26)27/h2-9,12,20H,10-11,13-14H2,1H3,(H,23,24)(H,26,27). The van der Waals surface area contributed by atoms with Crippen molar-refractivity contribution in [3.8, 4) is 17.0 Å². The number of aromatic nitrogens is 2. The summed E-state index contributed by atoms with van der Waals surface area (Å²) >= 11 is 0. The van der Waals surface area contributed by atoms with Crippen LogP contribution in [0.2, 0.25) is 0 Å². The Labute approximate surface area is 168 Å². The highest BCUT2D eigenvalue weighted by Crippen LogP contribution is 2.27. The summed E-state index contributed by atoms with van der Waals surface area (Å²) in [6.45, 7) is 2.70. The number of imidazole rings is 1. The van der Waals surface area contributed by atoms with Crippen LogP contribution in [-0.4, -0.2) is 52.8 Å². The van der Waals surface area contributed by atoms with Gasteiger partial charge in [0.2, 0.25) is 0 Å². The van der Waals surface area contributed by atoms with Crippen LogP contribution in [0.25, 0.3) is 11.3 Å². The number of benzene rings is 2. The lowest BCUT2D eigenvalue weighted by Gasteiger charge is -2.34. The fourth-order valence-corrected chi connectivity index (χ4v) is 3.49. The molecule has 3 aromatic rings. The molecule has 150 valence electrons. The fourth-order valence-electron chi connectivity index (χ4n) is 3.49. The summed E-state index contributed by atoms with van der Waals surface area (Å²) in [5.41, 5.74) is 3.34. The minimum atomic E-state index is -0.914. The highest BCUT2D eigenvalue weighted by Gasteiger charge is 2.27. The Kier molecular flexibility index (Phi) is 5.59. The Morgan fingerprint density at radius 1 is 1.24 bits per heavy atom. The van der Waals surface area contributed by atoms with E-state index in [-0.39, 0.29) is 6.04 Å². The molecule has 0 spiro atoms. The molecule has 2 aromatic carbocycles. The molecule has 1 saturated heterocycles. The smallest absolute Gasteiger partial charge is 0.335 e. The zero-order valence-corrected chi connectivity index (χ0v) is 16.2. The van der Waals surface area contributed by atoms with Crippen LogP contribution in [0.3, 0.4) is 0 Å². The molecule has 1 unspecified atom stereocenters.